The van der Waals surface area contributed by atoms with Crippen LogP contribution in [0.3, 0.4) is 0 Å². The van der Waals surface area contributed by atoms with Gasteiger partial charge in [-0.1, -0.05) is 12.1 Å². The number of aromatic hydroxyl groups is 1. The quantitative estimate of drug-likeness (QED) is 0.330. The van der Waals surface area contributed by atoms with Crippen LogP contribution in [0.15, 0.2) is 48.0 Å². The van der Waals surface area contributed by atoms with Gasteiger partial charge in [0.25, 0.3) is 11.7 Å². The highest BCUT2D eigenvalue weighted by Gasteiger charge is 2.46. The Morgan fingerprint density at radius 3 is 2.47 bits per heavy atom. The minimum Gasteiger partial charge on any atom is -0.507 e. The molecule has 0 aromatic heterocycles. The van der Waals surface area contributed by atoms with E-state index in [0.717, 1.165) is 6.54 Å². The Bertz CT molecular complexity index is 1090. The lowest BCUT2D eigenvalue weighted by atomic mass is 9.94. The summed E-state index contributed by atoms with van der Waals surface area (Å²) in [6.45, 7) is 4.87. The maximum absolute atomic E-state index is 13.2. The Morgan fingerprint density at radius 1 is 1.12 bits per heavy atom. The SMILES string of the molecule is COc1ccc(/C(O)=C2\C(=O)C(=O)N(CCCN(C)C)C2c2cccc(OC(C)C)c2)c(O)c1. The first-order chi connectivity index (χ1) is 16.1. The molecule has 0 radical (unpaired) electrons. The number of phenols is 1. The highest BCUT2D eigenvalue weighted by Crippen LogP contribution is 2.42. The molecule has 1 saturated heterocycles. The van der Waals surface area contributed by atoms with E-state index in [2.05, 4.69) is 0 Å². The van der Waals surface area contributed by atoms with Gasteiger partial charge in [0, 0.05) is 12.6 Å². The van der Waals surface area contributed by atoms with Crippen LogP contribution in [0.2, 0.25) is 0 Å². The minimum atomic E-state index is -0.820. The number of ether oxygens (including phenoxy) is 2. The molecule has 8 heteroatoms. The average Bonchev–Trinajstić information content (AvgIpc) is 3.03. The largest absolute Gasteiger partial charge is 0.507 e. The minimum absolute atomic E-state index is 0.0478. The standard InChI is InChI=1S/C26H32N2O6/c1-16(2)34-19-9-6-8-17(14-19)23-22(24(30)20-11-10-18(33-5)15-21(20)29)25(31)26(32)28(23)13-7-12-27(3)4/h6,8-11,14-16,23,29-30H,7,12-13H2,1-5H3/b24-22+. The fraction of sp³-hybridized carbons (Fsp3) is 0.385. The van der Waals surface area contributed by atoms with Gasteiger partial charge in [-0.25, -0.2) is 0 Å². The fourth-order valence-electron chi connectivity index (χ4n) is 4.03. The average molecular weight is 469 g/mol. The Balaban J connectivity index is 2.13. The van der Waals surface area contributed by atoms with Crippen molar-refractivity contribution in [1.82, 2.24) is 9.80 Å². The van der Waals surface area contributed by atoms with Gasteiger partial charge in [0.1, 0.15) is 23.0 Å². The summed E-state index contributed by atoms with van der Waals surface area (Å²) in [5.74, 6) is -1.18. The Hall–Kier alpha value is -3.52. The summed E-state index contributed by atoms with van der Waals surface area (Å²) in [4.78, 5) is 29.7. The number of carbonyl (C=O) groups is 2. The number of Topliss-reactive ketones (excluding diaryl/α,β-unsaturated/α-hetero) is 1. The lowest BCUT2D eigenvalue weighted by Gasteiger charge is -2.26. The number of ketones is 1. The number of hydrogen-bond donors (Lipinski definition) is 2. The maximum Gasteiger partial charge on any atom is 0.295 e. The molecule has 2 N–H and O–H groups in total. The number of aliphatic hydroxyl groups is 1. The summed E-state index contributed by atoms with van der Waals surface area (Å²) in [6.07, 6.45) is 0.588. The number of nitrogens with zero attached hydrogens (tertiary/aromatic N) is 2. The molecule has 2 aromatic carbocycles. The van der Waals surface area contributed by atoms with E-state index in [9.17, 15) is 19.8 Å². The molecule has 1 heterocycles. The van der Waals surface area contributed by atoms with Crippen LogP contribution < -0.4 is 9.47 Å². The molecule has 1 amide bonds. The molecule has 1 fully saturated rings. The first kappa shape index (κ1) is 25.1. The molecule has 0 spiro atoms. The van der Waals surface area contributed by atoms with Gasteiger partial charge in [-0.15, -0.1) is 0 Å². The summed E-state index contributed by atoms with van der Waals surface area (Å²) in [6, 6.07) is 10.7. The molecular formula is C26H32N2O6. The van der Waals surface area contributed by atoms with Crippen LogP contribution in [-0.2, 0) is 9.59 Å². The lowest BCUT2D eigenvalue weighted by Crippen LogP contribution is -2.32. The highest BCUT2D eigenvalue weighted by molar-refractivity contribution is 6.46. The van der Waals surface area contributed by atoms with Gasteiger partial charge in [-0.05, 0) is 70.7 Å². The number of rotatable bonds is 9. The monoisotopic (exact) mass is 468 g/mol. The van der Waals surface area contributed by atoms with Crippen LogP contribution in [0, 0.1) is 0 Å². The Labute approximate surface area is 200 Å². The second-order valence-corrected chi connectivity index (χ2v) is 8.77. The lowest BCUT2D eigenvalue weighted by molar-refractivity contribution is -0.139. The van der Waals surface area contributed by atoms with E-state index in [1.165, 1.54) is 24.1 Å². The van der Waals surface area contributed by atoms with E-state index in [4.69, 9.17) is 9.47 Å². The van der Waals surface area contributed by atoms with E-state index in [-0.39, 0.29) is 23.0 Å². The summed E-state index contributed by atoms with van der Waals surface area (Å²) in [7, 11) is 5.33. The highest BCUT2D eigenvalue weighted by atomic mass is 16.5. The first-order valence-corrected chi connectivity index (χ1v) is 11.2. The van der Waals surface area contributed by atoms with Crippen molar-refractivity contribution in [2.24, 2.45) is 0 Å². The van der Waals surface area contributed by atoms with Crippen LogP contribution >= 0.6 is 0 Å². The number of methoxy groups -OCH3 is 1. The number of aliphatic hydroxyl groups excluding tert-OH is 1. The van der Waals surface area contributed by atoms with Crippen LogP contribution in [0.5, 0.6) is 17.2 Å². The van der Waals surface area contributed by atoms with Gasteiger partial charge in [0.2, 0.25) is 0 Å². The van der Waals surface area contributed by atoms with Crippen LogP contribution in [0.25, 0.3) is 5.76 Å². The molecular weight excluding hydrogens is 436 g/mol. The summed E-state index contributed by atoms with van der Waals surface area (Å²) in [5, 5.41) is 21.6. The van der Waals surface area contributed by atoms with Crippen molar-refractivity contribution in [1.29, 1.82) is 0 Å². The number of likely N-dealkylation sites (tertiary alicyclic amines) is 1. The normalized spacial score (nSPS) is 17.6. The first-order valence-electron chi connectivity index (χ1n) is 11.2. The zero-order valence-electron chi connectivity index (χ0n) is 20.2. The summed E-state index contributed by atoms with van der Waals surface area (Å²) >= 11 is 0. The Morgan fingerprint density at radius 2 is 1.85 bits per heavy atom. The molecule has 1 atom stereocenters. The van der Waals surface area contributed by atoms with E-state index in [1.807, 2.05) is 32.8 Å². The molecule has 34 heavy (non-hydrogen) atoms. The molecule has 0 saturated carbocycles. The van der Waals surface area contributed by atoms with Gasteiger partial charge in [0.15, 0.2) is 0 Å². The maximum atomic E-state index is 13.2. The molecule has 3 rings (SSSR count). The van der Waals surface area contributed by atoms with E-state index < -0.39 is 23.5 Å². The van der Waals surface area contributed by atoms with Crippen molar-refractivity contribution in [3.8, 4) is 17.2 Å². The fourth-order valence-corrected chi connectivity index (χ4v) is 4.03. The van der Waals surface area contributed by atoms with E-state index in [0.29, 0.717) is 30.0 Å². The molecule has 1 aliphatic rings. The third-order valence-corrected chi connectivity index (χ3v) is 5.55. The molecule has 1 aliphatic heterocycles. The van der Waals surface area contributed by atoms with Crippen LogP contribution in [0.1, 0.15) is 37.4 Å². The van der Waals surface area contributed by atoms with E-state index >= 15 is 0 Å². The molecule has 182 valence electrons. The van der Waals surface area contributed by atoms with Crippen LogP contribution in [-0.4, -0.2) is 72.1 Å². The summed E-state index contributed by atoms with van der Waals surface area (Å²) in [5.41, 5.74) is 0.612. The zero-order chi connectivity index (χ0) is 25.0. The molecule has 0 aliphatic carbocycles. The van der Waals surface area contributed by atoms with Gasteiger partial charge < -0.3 is 29.5 Å². The molecule has 8 nitrogen and oxygen atoms in total. The number of amides is 1. The predicted molar refractivity (Wildman–Crippen MR) is 129 cm³/mol. The Kier molecular flexibility index (Phi) is 7.83. The van der Waals surface area contributed by atoms with Gasteiger partial charge >= 0.3 is 0 Å². The third-order valence-electron chi connectivity index (χ3n) is 5.55. The van der Waals surface area contributed by atoms with Crippen molar-refractivity contribution in [3.63, 3.8) is 0 Å². The van der Waals surface area contributed by atoms with Crippen molar-refractivity contribution in [3.05, 3.63) is 59.2 Å². The topological polar surface area (TPSA) is 99.5 Å². The van der Waals surface area contributed by atoms with Crippen molar-refractivity contribution in [2.75, 3.05) is 34.3 Å². The van der Waals surface area contributed by atoms with Gasteiger partial charge in [0.05, 0.1) is 30.4 Å². The summed E-state index contributed by atoms with van der Waals surface area (Å²) < 4.78 is 10.9. The van der Waals surface area contributed by atoms with Crippen LogP contribution in [0.4, 0.5) is 0 Å². The van der Waals surface area contributed by atoms with Crippen molar-refractivity contribution in [2.45, 2.75) is 32.4 Å². The second-order valence-electron chi connectivity index (χ2n) is 8.77. The van der Waals surface area contributed by atoms with Gasteiger partial charge in [-0.2, -0.15) is 0 Å². The number of phenolic OH excluding ortho intramolecular Hbond substituents is 1. The molecule has 1 unspecified atom stereocenters. The van der Waals surface area contributed by atoms with E-state index in [1.54, 1.807) is 30.3 Å². The van der Waals surface area contributed by atoms with Crippen molar-refractivity contribution < 1.29 is 29.3 Å². The number of hydrogen-bond acceptors (Lipinski definition) is 7. The number of benzene rings is 2. The zero-order valence-corrected chi connectivity index (χ0v) is 20.2. The third kappa shape index (κ3) is 5.34. The smallest absolute Gasteiger partial charge is 0.295 e. The second kappa shape index (κ2) is 10.6. The van der Waals surface area contributed by atoms with Crippen molar-refractivity contribution >= 4 is 17.4 Å². The number of carbonyl (C=O) groups excluding carboxylic acids is 2. The predicted octanol–water partition coefficient (Wildman–Crippen LogP) is 3.56. The molecule has 2 aromatic rings. The molecule has 0 bridgehead atoms. The van der Waals surface area contributed by atoms with Gasteiger partial charge in [-0.3, -0.25) is 9.59 Å².